The molecule has 25 heavy (non-hydrogen) atoms. The van der Waals surface area contributed by atoms with E-state index in [1.54, 1.807) is 9.47 Å². The van der Waals surface area contributed by atoms with Crippen molar-refractivity contribution < 1.29 is 9.53 Å². The maximum Gasteiger partial charge on any atom is 0.343 e. The summed E-state index contributed by atoms with van der Waals surface area (Å²) in [6.07, 6.45) is 3.01. The molecule has 1 N–H and O–H groups in total. The Labute approximate surface area is 146 Å². The van der Waals surface area contributed by atoms with Gasteiger partial charge < -0.3 is 9.64 Å². The molecular weight excluding hydrogens is 320 g/mol. The van der Waals surface area contributed by atoms with Crippen LogP contribution in [-0.4, -0.2) is 45.3 Å². The molecule has 1 aromatic heterocycles. The zero-order chi connectivity index (χ0) is 17.8. The van der Waals surface area contributed by atoms with Gasteiger partial charge in [0.15, 0.2) is 6.61 Å². The SMILES string of the molecule is CC(C)c1ccccc1OCC(=O)N1CCC(n2cn[nH]c2=O)CC1. The van der Waals surface area contributed by atoms with Crippen LogP contribution in [0.3, 0.4) is 0 Å². The lowest BCUT2D eigenvalue weighted by atomic mass is 10.0. The van der Waals surface area contributed by atoms with Crippen LogP contribution < -0.4 is 10.4 Å². The van der Waals surface area contributed by atoms with Crippen molar-refractivity contribution in [3.8, 4) is 5.75 Å². The summed E-state index contributed by atoms with van der Waals surface area (Å²) in [5.74, 6) is 1.09. The number of benzene rings is 1. The molecule has 1 aliphatic rings. The van der Waals surface area contributed by atoms with Gasteiger partial charge in [-0.25, -0.2) is 9.89 Å². The number of aromatic amines is 1. The molecule has 0 radical (unpaired) electrons. The summed E-state index contributed by atoms with van der Waals surface area (Å²) in [4.78, 5) is 25.9. The summed E-state index contributed by atoms with van der Waals surface area (Å²) in [6, 6.07) is 7.92. The first-order chi connectivity index (χ1) is 12.1. The second-order valence-electron chi connectivity index (χ2n) is 6.66. The van der Waals surface area contributed by atoms with Crippen LogP contribution in [0.5, 0.6) is 5.75 Å². The van der Waals surface area contributed by atoms with Crippen molar-refractivity contribution in [2.45, 2.75) is 38.6 Å². The molecule has 1 aliphatic heterocycles. The maximum atomic E-state index is 12.4. The predicted octanol–water partition coefficient (Wildman–Crippen LogP) is 1.94. The third-order valence-electron chi connectivity index (χ3n) is 4.68. The van der Waals surface area contributed by atoms with Gasteiger partial charge in [-0.05, 0) is 30.4 Å². The molecule has 3 rings (SSSR count). The van der Waals surface area contributed by atoms with Crippen molar-refractivity contribution in [3.63, 3.8) is 0 Å². The number of carbonyl (C=O) groups is 1. The molecule has 0 aliphatic carbocycles. The molecule has 7 heteroatoms. The van der Waals surface area contributed by atoms with Crippen LogP contribution in [-0.2, 0) is 4.79 Å². The first-order valence-electron chi connectivity index (χ1n) is 8.67. The minimum atomic E-state index is -0.196. The van der Waals surface area contributed by atoms with Gasteiger partial charge in [-0.2, -0.15) is 5.10 Å². The fourth-order valence-corrected chi connectivity index (χ4v) is 3.23. The molecule has 7 nitrogen and oxygen atoms in total. The van der Waals surface area contributed by atoms with Gasteiger partial charge in [0.05, 0.1) is 0 Å². The van der Waals surface area contributed by atoms with Gasteiger partial charge in [0.25, 0.3) is 5.91 Å². The summed E-state index contributed by atoms with van der Waals surface area (Å²) in [5, 5.41) is 6.17. The molecular formula is C18H24N4O3. The third kappa shape index (κ3) is 3.92. The predicted molar refractivity (Wildman–Crippen MR) is 93.7 cm³/mol. The van der Waals surface area contributed by atoms with Crippen LogP contribution in [0.4, 0.5) is 0 Å². The number of nitrogens with zero attached hydrogens (tertiary/aromatic N) is 3. The zero-order valence-corrected chi connectivity index (χ0v) is 14.6. The highest BCUT2D eigenvalue weighted by atomic mass is 16.5. The molecule has 0 saturated carbocycles. The van der Waals surface area contributed by atoms with Crippen molar-refractivity contribution in [1.29, 1.82) is 0 Å². The number of piperidine rings is 1. The van der Waals surface area contributed by atoms with Crippen molar-refractivity contribution >= 4 is 5.91 Å². The number of amides is 1. The van der Waals surface area contributed by atoms with Crippen LogP contribution in [0.25, 0.3) is 0 Å². The quantitative estimate of drug-likeness (QED) is 0.899. The lowest BCUT2D eigenvalue weighted by Crippen LogP contribution is -2.42. The van der Waals surface area contributed by atoms with E-state index in [1.165, 1.54) is 6.33 Å². The van der Waals surface area contributed by atoms with E-state index in [0.29, 0.717) is 19.0 Å². The highest BCUT2D eigenvalue weighted by molar-refractivity contribution is 5.77. The first-order valence-corrected chi connectivity index (χ1v) is 8.67. The maximum absolute atomic E-state index is 12.4. The topological polar surface area (TPSA) is 80.2 Å². The average molecular weight is 344 g/mol. The Bertz CT molecular complexity index is 772. The Kier molecular flexibility index (Phi) is 5.21. The van der Waals surface area contributed by atoms with Gasteiger partial charge >= 0.3 is 5.69 Å². The van der Waals surface area contributed by atoms with Gasteiger partial charge in [0.1, 0.15) is 12.1 Å². The van der Waals surface area contributed by atoms with Gasteiger partial charge in [-0.15, -0.1) is 0 Å². The molecule has 0 spiro atoms. The highest BCUT2D eigenvalue weighted by Gasteiger charge is 2.25. The summed E-state index contributed by atoms with van der Waals surface area (Å²) in [7, 11) is 0. The lowest BCUT2D eigenvalue weighted by molar-refractivity contribution is -0.134. The Hall–Kier alpha value is -2.57. The number of carbonyl (C=O) groups excluding carboxylic acids is 1. The van der Waals surface area contributed by atoms with Crippen molar-refractivity contribution in [2.75, 3.05) is 19.7 Å². The largest absolute Gasteiger partial charge is 0.483 e. The molecule has 134 valence electrons. The minimum absolute atomic E-state index is 0.0171. The normalized spacial score (nSPS) is 15.6. The lowest BCUT2D eigenvalue weighted by Gasteiger charge is -2.32. The molecule has 1 aromatic carbocycles. The Morgan fingerprint density at radius 2 is 2.04 bits per heavy atom. The van der Waals surface area contributed by atoms with Crippen LogP contribution >= 0.6 is 0 Å². The molecule has 1 fully saturated rings. The number of rotatable bonds is 5. The molecule has 2 aromatic rings. The number of likely N-dealkylation sites (tertiary alicyclic amines) is 1. The standard InChI is InChI=1S/C18H24N4O3/c1-13(2)15-5-3-4-6-16(15)25-11-17(23)21-9-7-14(8-10-21)22-12-19-20-18(22)24/h3-6,12-14H,7-11H2,1-2H3,(H,20,24). The highest BCUT2D eigenvalue weighted by Crippen LogP contribution is 2.26. The number of hydrogen-bond acceptors (Lipinski definition) is 4. The van der Waals surface area contributed by atoms with Crippen LogP contribution in [0.2, 0.25) is 0 Å². The summed E-state index contributed by atoms with van der Waals surface area (Å²) < 4.78 is 7.38. The summed E-state index contributed by atoms with van der Waals surface area (Å²) in [5.41, 5.74) is 0.909. The third-order valence-corrected chi connectivity index (χ3v) is 4.68. The monoisotopic (exact) mass is 344 g/mol. The minimum Gasteiger partial charge on any atom is -0.483 e. The molecule has 1 saturated heterocycles. The smallest absolute Gasteiger partial charge is 0.343 e. The van der Waals surface area contributed by atoms with Crippen molar-refractivity contribution in [3.05, 3.63) is 46.6 Å². The van der Waals surface area contributed by atoms with Gasteiger partial charge in [0.2, 0.25) is 0 Å². The number of H-pyrrole nitrogens is 1. The van der Waals surface area contributed by atoms with Crippen molar-refractivity contribution in [2.24, 2.45) is 0 Å². The average Bonchev–Trinajstić information content (AvgIpc) is 3.06. The molecule has 0 unspecified atom stereocenters. The van der Waals surface area contributed by atoms with E-state index in [0.717, 1.165) is 24.2 Å². The Morgan fingerprint density at radius 3 is 2.68 bits per heavy atom. The van der Waals surface area contributed by atoms with Gasteiger partial charge in [-0.1, -0.05) is 32.0 Å². The fourth-order valence-electron chi connectivity index (χ4n) is 3.23. The second-order valence-corrected chi connectivity index (χ2v) is 6.66. The van der Waals surface area contributed by atoms with E-state index in [4.69, 9.17) is 4.74 Å². The fraction of sp³-hybridized carbons (Fsp3) is 0.500. The summed E-state index contributed by atoms with van der Waals surface area (Å²) >= 11 is 0. The van der Waals surface area contributed by atoms with Crippen molar-refractivity contribution in [1.82, 2.24) is 19.7 Å². The number of nitrogens with one attached hydrogen (secondary N) is 1. The molecule has 0 bridgehead atoms. The van der Waals surface area contributed by atoms with E-state index in [9.17, 15) is 9.59 Å². The first kappa shape index (κ1) is 17.3. The van der Waals surface area contributed by atoms with Crippen LogP contribution in [0.15, 0.2) is 35.4 Å². The Morgan fingerprint density at radius 1 is 1.32 bits per heavy atom. The van der Waals surface area contributed by atoms with Gasteiger partial charge in [-0.3, -0.25) is 9.36 Å². The van der Waals surface area contributed by atoms with Crippen LogP contribution in [0, 0.1) is 0 Å². The van der Waals surface area contributed by atoms with E-state index >= 15 is 0 Å². The van der Waals surface area contributed by atoms with Crippen LogP contribution in [0.1, 0.15) is 44.2 Å². The molecule has 2 heterocycles. The zero-order valence-electron chi connectivity index (χ0n) is 14.6. The number of hydrogen-bond donors (Lipinski definition) is 1. The van der Waals surface area contributed by atoms with E-state index in [-0.39, 0.29) is 24.2 Å². The Balaban J connectivity index is 1.54. The number of aromatic nitrogens is 3. The number of para-hydroxylation sites is 1. The molecule has 1 amide bonds. The number of ether oxygens (including phenoxy) is 1. The van der Waals surface area contributed by atoms with E-state index in [1.807, 2.05) is 24.3 Å². The van der Waals surface area contributed by atoms with E-state index in [2.05, 4.69) is 24.0 Å². The van der Waals surface area contributed by atoms with Gasteiger partial charge in [0, 0.05) is 19.1 Å². The molecule has 0 atom stereocenters. The second kappa shape index (κ2) is 7.55. The summed E-state index contributed by atoms with van der Waals surface area (Å²) in [6.45, 7) is 5.49. The van der Waals surface area contributed by atoms with E-state index < -0.39 is 0 Å².